The lowest BCUT2D eigenvalue weighted by Gasteiger charge is -2.17. The number of carboxylic acids is 1. The fraction of sp³-hybridized carbons (Fsp3) is 0.286. The second-order valence-electron chi connectivity index (χ2n) is 4.39. The van der Waals surface area contributed by atoms with E-state index in [1.807, 2.05) is 0 Å². The van der Waals surface area contributed by atoms with E-state index in [9.17, 15) is 9.18 Å². The van der Waals surface area contributed by atoms with E-state index in [0.29, 0.717) is 11.1 Å². The van der Waals surface area contributed by atoms with E-state index in [4.69, 9.17) is 19.1 Å². The Morgan fingerprint density at radius 3 is 2.33 bits per heavy atom. The number of methoxy groups -OCH3 is 2. The predicted octanol–water partition coefficient (Wildman–Crippen LogP) is 2.81. The summed E-state index contributed by atoms with van der Waals surface area (Å²) in [5.74, 6) is -1.76. The number of benzene rings is 1. The first-order valence-electron chi connectivity index (χ1n) is 6.03. The Balaban J connectivity index is 2.77. The van der Waals surface area contributed by atoms with Crippen LogP contribution in [0.3, 0.4) is 0 Å². The monoisotopic (exact) mass is 295 g/mol. The zero-order valence-electron chi connectivity index (χ0n) is 12.0. The van der Waals surface area contributed by atoms with Crippen molar-refractivity contribution in [2.24, 2.45) is 0 Å². The van der Waals surface area contributed by atoms with Crippen LogP contribution < -0.4 is 9.47 Å². The van der Waals surface area contributed by atoms with Gasteiger partial charge in [-0.05, 0) is 13.8 Å². The first-order valence-corrected chi connectivity index (χ1v) is 6.03. The van der Waals surface area contributed by atoms with Crippen LogP contribution in [0.4, 0.5) is 4.39 Å². The second kappa shape index (κ2) is 5.43. The first-order chi connectivity index (χ1) is 9.92. The third kappa shape index (κ3) is 2.31. The van der Waals surface area contributed by atoms with Crippen LogP contribution in [-0.2, 0) is 0 Å². The minimum Gasteiger partial charge on any atom is -0.496 e. The molecule has 0 radical (unpaired) electrons. The first kappa shape index (κ1) is 14.8. The number of hydrogen-bond donors (Lipinski definition) is 1. The second-order valence-corrected chi connectivity index (χ2v) is 4.39. The standard InChI is InChI=1S/C14H14FNO5/c1-6-10(8-5-9(14(17)18)21-16-8)12(19-3)7(2)11(15)13(6)20-4/h5H,1-4H3,(H,17,18). The third-order valence-corrected chi connectivity index (χ3v) is 3.20. The average Bonchev–Trinajstić information content (AvgIpc) is 2.92. The Morgan fingerprint density at radius 1 is 1.24 bits per heavy atom. The molecule has 112 valence electrons. The van der Waals surface area contributed by atoms with Crippen LogP contribution in [0.25, 0.3) is 11.3 Å². The van der Waals surface area contributed by atoms with Gasteiger partial charge in [-0.15, -0.1) is 0 Å². The lowest BCUT2D eigenvalue weighted by Crippen LogP contribution is -2.02. The van der Waals surface area contributed by atoms with Gasteiger partial charge in [0.1, 0.15) is 11.4 Å². The van der Waals surface area contributed by atoms with E-state index < -0.39 is 11.8 Å². The molecule has 1 aromatic heterocycles. The van der Waals surface area contributed by atoms with Crippen LogP contribution in [0.15, 0.2) is 10.6 Å². The molecule has 0 saturated carbocycles. The molecule has 1 aromatic carbocycles. The number of nitrogens with zero attached hydrogens (tertiary/aromatic N) is 1. The Kier molecular flexibility index (Phi) is 3.84. The van der Waals surface area contributed by atoms with Gasteiger partial charge in [0.05, 0.1) is 19.8 Å². The van der Waals surface area contributed by atoms with E-state index in [2.05, 4.69) is 5.16 Å². The fourth-order valence-corrected chi connectivity index (χ4v) is 2.21. The van der Waals surface area contributed by atoms with Crippen molar-refractivity contribution in [1.82, 2.24) is 5.16 Å². The van der Waals surface area contributed by atoms with Crippen LogP contribution in [0.2, 0.25) is 0 Å². The van der Waals surface area contributed by atoms with Crippen LogP contribution in [0.1, 0.15) is 21.7 Å². The number of carbonyl (C=O) groups is 1. The summed E-state index contributed by atoms with van der Waals surface area (Å²) in [6.07, 6.45) is 0. The molecular weight excluding hydrogens is 281 g/mol. The van der Waals surface area contributed by atoms with Gasteiger partial charge in [-0.25, -0.2) is 9.18 Å². The lowest BCUT2D eigenvalue weighted by molar-refractivity contribution is 0.0652. The summed E-state index contributed by atoms with van der Waals surface area (Å²) < 4.78 is 29.2. The smallest absolute Gasteiger partial charge is 0.374 e. The average molecular weight is 295 g/mol. The molecule has 0 unspecified atom stereocenters. The summed E-state index contributed by atoms with van der Waals surface area (Å²) in [5.41, 5.74) is 1.37. The molecule has 2 aromatic rings. The van der Waals surface area contributed by atoms with E-state index in [-0.39, 0.29) is 28.5 Å². The molecule has 2 rings (SSSR count). The molecular formula is C14H14FNO5. The molecule has 1 N–H and O–H groups in total. The van der Waals surface area contributed by atoms with Crippen molar-refractivity contribution >= 4 is 5.97 Å². The number of ether oxygens (including phenoxy) is 2. The Morgan fingerprint density at radius 2 is 1.86 bits per heavy atom. The SMILES string of the molecule is COc1c(C)c(-c2cc(C(=O)O)on2)c(OC)c(C)c1F. The van der Waals surface area contributed by atoms with E-state index in [1.165, 1.54) is 27.2 Å². The van der Waals surface area contributed by atoms with Crippen LogP contribution in [0.5, 0.6) is 11.5 Å². The van der Waals surface area contributed by atoms with Gasteiger partial charge in [0.25, 0.3) is 0 Å². The van der Waals surface area contributed by atoms with Gasteiger partial charge in [-0.1, -0.05) is 5.16 Å². The highest BCUT2D eigenvalue weighted by Gasteiger charge is 2.25. The van der Waals surface area contributed by atoms with Gasteiger partial charge in [0.15, 0.2) is 11.6 Å². The lowest BCUT2D eigenvalue weighted by atomic mass is 9.99. The molecule has 0 atom stereocenters. The molecule has 0 aliphatic rings. The Labute approximate surface area is 120 Å². The molecule has 1 heterocycles. The van der Waals surface area contributed by atoms with Gasteiger partial charge in [0, 0.05) is 17.2 Å². The van der Waals surface area contributed by atoms with Crippen molar-refractivity contribution in [2.45, 2.75) is 13.8 Å². The quantitative estimate of drug-likeness (QED) is 0.934. The van der Waals surface area contributed by atoms with Gasteiger partial charge < -0.3 is 19.1 Å². The molecule has 0 aliphatic carbocycles. The number of aromatic carboxylic acids is 1. The largest absolute Gasteiger partial charge is 0.496 e. The molecule has 0 aliphatic heterocycles. The summed E-state index contributed by atoms with van der Waals surface area (Å²) in [4.78, 5) is 10.9. The number of halogens is 1. The number of hydrogen-bond acceptors (Lipinski definition) is 5. The molecule has 7 heteroatoms. The molecule has 0 spiro atoms. The van der Waals surface area contributed by atoms with Crippen molar-refractivity contribution in [3.63, 3.8) is 0 Å². The zero-order valence-corrected chi connectivity index (χ0v) is 12.0. The highest BCUT2D eigenvalue weighted by molar-refractivity contribution is 5.87. The van der Waals surface area contributed by atoms with Gasteiger partial charge >= 0.3 is 5.97 Å². The van der Waals surface area contributed by atoms with Crippen LogP contribution >= 0.6 is 0 Å². The summed E-state index contributed by atoms with van der Waals surface area (Å²) >= 11 is 0. The number of carboxylic acid groups (broad SMARTS) is 1. The summed E-state index contributed by atoms with van der Waals surface area (Å²) in [6.45, 7) is 3.17. The highest BCUT2D eigenvalue weighted by atomic mass is 19.1. The van der Waals surface area contributed by atoms with Crippen molar-refractivity contribution < 1.29 is 28.3 Å². The maximum Gasteiger partial charge on any atom is 0.374 e. The van der Waals surface area contributed by atoms with E-state index in [1.54, 1.807) is 6.92 Å². The number of rotatable bonds is 4. The summed E-state index contributed by atoms with van der Waals surface area (Å²) in [7, 11) is 2.75. The molecule has 0 saturated heterocycles. The topological polar surface area (TPSA) is 81.8 Å². The minimum atomic E-state index is -1.24. The van der Waals surface area contributed by atoms with E-state index in [0.717, 1.165) is 0 Å². The molecule has 0 bridgehead atoms. The van der Waals surface area contributed by atoms with Crippen LogP contribution in [0, 0.1) is 19.7 Å². The van der Waals surface area contributed by atoms with Crippen molar-refractivity contribution in [2.75, 3.05) is 14.2 Å². The van der Waals surface area contributed by atoms with Crippen molar-refractivity contribution in [3.8, 4) is 22.8 Å². The molecule has 21 heavy (non-hydrogen) atoms. The summed E-state index contributed by atoms with van der Waals surface area (Å²) in [5, 5.41) is 12.6. The maximum atomic E-state index is 14.2. The molecule has 6 nitrogen and oxygen atoms in total. The fourth-order valence-electron chi connectivity index (χ4n) is 2.21. The summed E-state index contributed by atoms with van der Waals surface area (Å²) in [6, 6.07) is 1.25. The number of aromatic nitrogens is 1. The molecule has 0 fully saturated rings. The van der Waals surface area contributed by atoms with Gasteiger partial charge in [-0.3, -0.25) is 0 Å². The Bertz CT molecular complexity index is 708. The van der Waals surface area contributed by atoms with Crippen molar-refractivity contribution in [1.29, 1.82) is 0 Å². The Hall–Kier alpha value is -2.57. The molecule has 0 amide bonds. The van der Waals surface area contributed by atoms with Crippen LogP contribution in [-0.4, -0.2) is 30.5 Å². The minimum absolute atomic E-state index is 0.0585. The van der Waals surface area contributed by atoms with Gasteiger partial charge in [-0.2, -0.15) is 0 Å². The normalized spacial score (nSPS) is 10.5. The zero-order chi connectivity index (χ0) is 15.7. The van der Waals surface area contributed by atoms with Crippen molar-refractivity contribution in [3.05, 3.63) is 28.8 Å². The van der Waals surface area contributed by atoms with Gasteiger partial charge in [0.2, 0.25) is 5.76 Å². The predicted molar refractivity (Wildman–Crippen MR) is 71.4 cm³/mol. The maximum absolute atomic E-state index is 14.2. The van der Waals surface area contributed by atoms with E-state index >= 15 is 0 Å². The highest BCUT2D eigenvalue weighted by Crippen LogP contribution is 2.42. The third-order valence-electron chi connectivity index (χ3n) is 3.20.